The zero-order valence-electron chi connectivity index (χ0n) is 12.6. The standard InChI is InChI=1S/C17H20N2O2/c1-17(2,3)10-4-6-11(7-5-10)18-13-14(16(21)15(13)20)19-12-8-9-12/h4-7,12,18-19H,8-9H2,1-3H3. The van der Waals surface area contributed by atoms with Crippen molar-refractivity contribution in [3.8, 4) is 0 Å². The molecule has 2 aromatic carbocycles. The minimum absolute atomic E-state index is 0.0960. The van der Waals surface area contributed by atoms with E-state index in [0.29, 0.717) is 17.4 Å². The molecular weight excluding hydrogens is 264 g/mol. The largest absolute Gasteiger partial charge is 0.377 e. The topological polar surface area (TPSA) is 58.2 Å². The van der Waals surface area contributed by atoms with E-state index < -0.39 is 10.9 Å². The van der Waals surface area contributed by atoms with E-state index in [1.54, 1.807) is 0 Å². The molecule has 4 nitrogen and oxygen atoms in total. The summed E-state index contributed by atoms with van der Waals surface area (Å²) in [5.74, 6) is 0. The Morgan fingerprint density at radius 2 is 1.52 bits per heavy atom. The van der Waals surface area contributed by atoms with Crippen LogP contribution in [0.1, 0.15) is 39.2 Å². The zero-order valence-corrected chi connectivity index (χ0v) is 12.6. The molecule has 0 heterocycles. The van der Waals surface area contributed by atoms with E-state index in [9.17, 15) is 9.59 Å². The van der Waals surface area contributed by atoms with Gasteiger partial charge in [0, 0.05) is 11.7 Å². The van der Waals surface area contributed by atoms with Gasteiger partial charge in [-0.2, -0.15) is 0 Å². The summed E-state index contributed by atoms with van der Waals surface area (Å²) in [5, 5.41) is 6.19. The quantitative estimate of drug-likeness (QED) is 0.848. The van der Waals surface area contributed by atoms with Crippen molar-refractivity contribution in [2.24, 2.45) is 0 Å². The van der Waals surface area contributed by atoms with Gasteiger partial charge in [-0.25, -0.2) is 0 Å². The van der Waals surface area contributed by atoms with Gasteiger partial charge in [0.05, 0.1) is 0 Å². The van der Waals surface area contributed by atoms with Crippen molar-refractivity contribution in [2.75, 3.05) is 10.6 Å². The molecule has 0 amide bonds. The molecule has 2 N–H and O–H groups in total. The number of hydrogen-bond acceptors (Lipinski definition) is 4. The van der Waals surface area contributed by atoms with Crippen LogP contribution in [0.4, 0.5) is 17.1 Å². The molecule has 1 aliphatic rings. The molecule has 0 spiro atoms. The fourth-order valence-electron chi connectivity index (χ4n) is 2.28. The summed E-state index contributed by atoms with van der Waals surface area (Å²) < 4.78 is 0. The second-order valence-corrected chi connectivity index (χ2v) is 6.78. The van der Waals surface area contributed by atoms with Crippen LogP contribution < -0.4 is 21.5 Å². The molecule has 3 rings (SSSR count). The van der Waals surface area contributed by atoms with E-state index in [-0.39, 0.29) is 5.41 Å². The van der Waals surface area contributed by atoms with Crippen molar-refractivity contribution in [2.45, 2.75) is 45.1 Å². The Hall–Kier alpha value is -2.10. The molecule has 1 fully saturated rings. The Morgan fingerprint density at radius 3 is 2.05 bits per heavy atom. The van der Waals surface area contributed by atoms with Gasteiger partial charge in [-0.1, -0.05) is 32.9 Å². The van der Waals surface area contributed by atoms with Crippen LogP contribution >= 0.6 is 0 Å². The molecule has 0 bridgehead atoms. The molecule has 0 radical (unpaired) electrons. The molecule has 0 saturated heterocycles. The SMILES string of the molecule is CC(C)(C)c1ccc(Nc2c(NC3CC3)c(=O)c2=O)cc1. The van der Waals surface area contributed by atoms with Gasteiger partial charge in [0.1, 0.15) is 11.4 Å². The summed E-state index contributed by atoms with van der Waals surface area (Å²) in [5.41, 5.74) is 2.16. The fraction of sp³-hybridized carbons (Fsp3) is 0.412. The number of rotatable bonds is 4. The van der Waals surface area contributed by atoms with E-state index in [1.165, 1.54) is 5.56 Å². The lowest BCUT2D eigenvalue weighted by atomic mass is 9.87. The summed E-state index contributed by atoms with van der Waals surface area (Å²) in [6.45, 7) is 6.47. The van der Waals surface area contributed by atoms with Crippen LogP contribution in [0.2, 0.25) is 0 Å². The number of nitrogens with one attached hydrogen (secondary N) is 2. The van der Waals surface area contributed by atoms with Crippen LogP contribution in [0.15, 0.2) is 33.9 Å². The summed E-state index contributed by atoms with van der Waals surface area (Å²) in [6, 6.07) is 8.33. The van der Waals surface area contributed by atoms with E-state index in [4.69, 9.17) is 0 Å². The number of benzene rings is 1. The maximum atomic E-state index is 11.7. The Kier molecular flexibility index (Phi) is 3.12. The Morgan fingerprint density at radius 1 is 0.952 bits per heavy atom. The first-order valence-corrected chi connectivity index (χ1v) is 7.33. The molecule has 1 aliphatic carbocycles. The third kappa shape index (κ3) is 2.71. The summed E-state index contributed by atoms with van der Waals surface area (Å²) in [4.78, 5) is 23.3. The first-order valence-electron chi connectivity index (χ1n) is 7.33. The molecule has 1 saturated carbocycles. The van der Waals surface area contributed by atoms with Crippen molar-refractivity contribution in [3.05, 3.63) is 50.3 Å². The maximum Gasteiger partial charge on any atom is 0.253 e. The highest BCUT2D eigenvalue weighted by Gasteiger charge is 2.28. The monoisotopic (exact) mass is 284 g/mol. The van der Waals surface area contributed by atoms with E-state index in [2.05, 4.69) is 31.4 Å². The van der Waals surface area contributed by atoms with Crippen LogP contribution in [0, 0.1) is 0 Å². The third-order valence-corrected chi connectivity index (χ3v) is 3.86. The Balaban J connectivity index is 1.79. The van der Waals surface area contributed by atoms with Gasteiger partial charge < -0.3 is 10.6 Å². The molecular formula is C17H20N2O2. The Labute approximate surface area is 123 Å². The van der Waals surface area contributed by atoms with Gasteiger partial charge in [-0.3, -0.25) is 9.59 Å². The van der Waals surface area contributed by atoms with Crippen molar-refractivity contribution in [1.82, 2.24) is 0 Å². The minimum atomic E-state index is -0.432. The molecule has 0 unspecified atom stereocenters. The predicted octanol–water partition coefficient (Wildman–Crippen LogP) is 2.90. The molecule has 21 heavy (non-hydrogen) atoms. The van der Waals surface area contributed by atoms with Gasteiger partial charge in [-0.05, 0) is 36.0 Å². The number of hydrogen-bond donors (Lipinski definition) is 2. The van der Waals surface area contributed by atoms with Crippen LogP contribution in [-0.2, 0) is 5.41 Å². The molecule has 4 heteroatoms. The highest BCUT2D eigenvalue weighted by atomic mass is 16.2. The van der Waals surface area contributed by atoms with Crippen LogP contribution in [0.3, 0.4) is 0 Å². The van der Waals surface area contributed by atoms with Crippen LogP contribution in [-0.4, -0.2) is 6.04 Å². The first-order chi connectivity index (χ1) is 9.86. The Bertz CT molecular complexity index is 728. The first kappa shape index (κ1) is 13.9. The van der Waals surface area contributed by atoms with Gasteiger partial charge in [-0.15, -0.1) is 0 Å². The van der Waals surface area contributed by atoms with Crippen molar-refractivity contribution in [3.63, 3.8) is 0 Å². The average molecular weight is 284 g/mol. The van der Waals surface area contributed by atoms with Crippen molar-refractivity contribution >= 4 is 17.1 Å². The van der Waals surface area contributed by atoms with Gasteiger partial charge in [0.15, 0.2) is 0 Å². The lowest BCUT2D eigenvalue weighted by Crippen LogP contribution is -2.37. The predicted molar refractivity (Wildman–Crippen MR) is 86.4 cm³/mol. The lowest BCUT2D eigenvalue weighted by Gasteiger charge is -2.20. The maximum absolute atomic E-state index is 11.7. The summed E-state index contributed by atoms with van der Waals surface area (Å²) in [7, 11) is 0. The normalized spacial score (nSPS) is 15.2. The average Bonchev–Trinajstić information content (AvgIpc) is 3.26. The highest BCUT2D eigenvalue weighted by Crippen LogP contribution is 2.29. The molecule has 0 aliphatic heterocycles. The van der Waals surface area contributed by atoms with E-state index in [0.717, 1.165) is 18.5 Å². The second kappa shape index (κ2) is 4.72. The highest BCUT2D eigenvalue weighted by molar-refractivity contribution is 5.79. The summed E-state index contributed by atoms with van der Waals surface area (Å²) >= 11 is 0. The third-order valence-electron chi connectivity index (χ3n) is 3.86. The van der Waals surface area contributed by atoms with Crippen molar-refractivity contribution in [1.29, 1.82) is 0 Å². The van der Waals surface area contributed by atoms with Crippen molar-refractivity contribution < 1.29 is 0 Å². The smallest absolute Gasteiger partial charge is 0.253 e. The lowest BCUT2D eigenvalue weighted by molar-refractivity contribution is 0.590. The van der Waals surface area contributed by atoms with Gasteiger partial charge in [0.2, 0.25) is 0 Å². The van der Waals surface area contributed by atoms with Gasteiger partial charge in [0.25, 0.3) is 10.9 Å². The van der Waals surface area contributed by atoms with Gasteiger partial charge >= 0.3 is 0 Å². The number of anilines is 3. The fourth-order valence-corrected chi connectivity index (χ4v) is 2.28. The van der Waals surface area contributed by atoms with E-state index in [1.807, 2.05) is 24.3 Å². The van der Waals surface area contributed by atoms with Crippen LogP contribution in [0.25, 0.3) is 0 Å². The summed E-state index contributed by atoms with van der Waals surface area (Å²) in [6.07, 6.45) is 2.14. The molecule has 0 aromatic heterocycles. The second-order valence-electron chi connectivity index (χ2n) is 6.78. The van der Waals surface area contributed by atoms with E-state index >= 15 is 0 Å². The minimum Gasteiger partial charge on any atom is -0.377 e. The molecule has 2 aromatic rings. The van der Waals surface area contributed by atoms with Crippen LogP contribution in [0.5, 0.6) is 0 Å². The molecule has 110 valence electrons. The zero-order chi connectivity index (χ0) is 15.2. The molecule has 0 atom stereocenters.